The maximum absolute atomic E-state index is 13.3. The summed E-state index contributed by atoms with van der Waals surface area (Å²) in [5, 5.41) is 1.53. The normalized spacial score (nSPS) is 13.3. The maximum Gasteiger partial charge on any atom is 0.325 e. The Morgan fingerprint density at radius 3 is 2.24 bits per heavy atom. The number of rotatable bonds is 9. The van der Waals surface area contributed by atoms with E-state index in [1.54, 1.807) is 39.2 Å². The number of fused-ring (bicyclic) bond motifs is 1. The van der Waals surface area contributed by atoms with Crippen molar-refractivity contribution >= 4 is 32.7 Å². The number of nitrogens with one attached hydrogen (secondary N) is 1. The molecule has 2 aromatic carbocycles. The number of ether oxygens (including phenoxy) is 2. The number of methoxy groups -OCH3 is 1. The van der Waals surface area contributed by atoms with Crippen molar-refractivity contribution in [3.05, 3.63) is 65.6 Å². The van der Waals surface area contributed by atoms with Crippen LogP contribution in [0.2, 0.25) is 0 Å². The van der Waals surface area contributed by atoms with Crippen molar-refractivity contribution in [1.82, 2.24) is 4.72 Å². The lowest BCUT2D eigenvalue weighted by Gasteiger charge is -2.24. The van der Waals surface area contributed by atoms with Crippen molar-refractivity contribution in [2.45, 2.75) is 82.8 Å². The van der Waals surface area contributed by atoms with Crippen LogP contribution in [0.4, 0.5) is 0 Å². The highest BCUT2D eigenvalue weighted by atomic mass is 32.2. The number of esters is 2. The summed E-state index contributed by atoms with van der Waals surface area (Å²) in [5.74, 6) is -0.550. The van der Waals surface area contributed by atoms with Crippen LogP contribution in [0.3, 0.4) is 0 Å². The Balaban J connectivity index is 1.88. The van der Waals surface area contributed by atoms with Gasteiger partial charge in [-0.15, -0.1) is 0 Å². The first-order valence-corrected chi connectivity index (χ1v) is 14.0. The largest absolute Gasteiger partial charge is 0.469 e. The van der Waals surface area contributed by atoms with Gasteiger partial charge in [0.25, 0.3) is 0 Å². The van der Waals surface area contributed by atoms with E-state index in [2.05, 4.69) is 4.72 Å². The highest BCUT2D eigenvalue weighted by molar-refractivity contribution is 7.89. The minimum absolute atomic E-state index is 0.0424. The van der Waals surface area contributed by atoms with Crippen LogP contribution in [0.5, 0.6) is 0 Å². The van der Waals surface area contributed by atoms with Crippen molar-refractivity contribution in [2.75, 3.05) is 7.11 Å². The lowest BCUT2D eigenvalue weighted by Crippen LogP contribution is -2.45. The summed E-state index contributed by atoms with van der Waals surface area (Å²) in [7, 11) is -2.69. The Labute approximate surface area is 224 Å². The van der Waals surface area contributed by atoms with Gasteiger partial charge in [-0.3, -0.25) is 9.59 Å². The highest BCUT2D eigenvalue weighted by Gasteiger charge is 2.31. The third kappa shape index (κ3) is 7.68. The number of furan rings is 1. The Bertz CT molecular complexity index is 1390. The number of hydrogen-bond acceptors (Lipinski definition) is 7. The fourth-order valence-electron chi connectivity index (χ4n) is 3.94. The molecule has 0 bridgehead atoms. The summed E-state index contributed by atoms with van der Waals surface area (Å²) in [6.07, 6.45) is 2.28. The van der Waals surface area contributed by atoms with Gasteiger partial charge in [-0.25, -0.2) is 8.42 Å². The minimum atomic E-state index is -4.04. The first kappa shape index (κ1) is 29.4. The molecule has 0 radical (unpaired) electrons. The molecule has 1 aromatic heterocycles. The van der Waals surface area contributed by atoms with Crippen molar-refractivity contribution < 1.29 is 31.9 Å². The zero-order chi connectivity index (χ0) is 28.3. The average molecular weight is 544 g/mol. The van der Waals surface area contributed by atoms with Crippen LogP contribution >= 0.6 is 0 Å². The third-order valence-corrected chi connectivity index (χ3v) is 7.49. The molecule has 1 unspecified atom stereocenters. The molecule has 1 heterocycles. The van der Waals surface area contributed by atoms with Gasteiger partial charge in [0.2, 0.25) is 10.0 Å². The molecule has 38 heavy (non-hydrogen) atoms. The van der Waals surface area contributed by atoms with Crippen LogP contribution in [0, 0.1) is 0 Å². The van der Waals surface area contributed by atoms with E-state index < -0.39 is 27.6 Å². The summed E-state index contributed by atoms with van der Waals surface area (Å²) in [6.45, 7) is 11.3. The Kier molecular flexibility index (Phi) is 8.73. The standard InChI is InChI=1S/C29H37NO7S/c1-28(2,3)21-10-12-22(13-11-21)38(33,34)30-24(27(32)37-29(4,5)6)17-25-23-14-8-19(9-15-26(31)35-7)16-20(23)18-36-25/h8,10-14,16,18,24,30H,9,15,17H2,1-7H3. The second-order valence-electron chi connectivity index (χ2n) is 11.3. The molecule has 0 aliphatic rings. The number of benzene rings is 2. The van der Waals surface area contributed by atoms with Crippen LogP contribution in [0.25, 0.3) is 10.8 Å². The maximum atomic E-state index is 13.3. The fraction of sp³-hybridized carbons (Fsp3) is 0.448. The Hall–Kier alpha value is -3.17. The molecular formula is C29H37NO7S. The molecule has 0 aliphatic heterocycles. The molecule has 206 valence electrons. The number of carbonyl (C=O) groups is 2. The smallest absolute Gasteiger partial charge is 0.325 e. The predicted octanol–water partition coefficient (Wildman–Crippen LogP) is 5.07. The van der Waals surface area contributed by atoms with Crippen LogP contribution in [-0.4, -0.2) is 39.1 Å². The number of sulfonamides is 1. The van der Waals surface area contributed by atoms with E-state index in [-0.39, 0.29) is 29.1 Å². The first-order valence-electron chi connectivity index (χ1n) is 12.5. The number of hydrogen-bond donors (Lipinski definition) is 1. The first-order chi connectivity index (χ1) is 17.6. The third-order valence-electron chi connectivity index (χ3n) is 6.00. The minimum Gasteiger partial charge on any atom is -0.469 e. The molecule has 1 atom stereocenters. The van der Waals surface area contributed by atoms with E-state index in [4.69, 9.17) is 13.9 Å². The molecule has 3 rings (SSSR count). The SMILES string of the molecule is COC(=O)CCc1ccc2c(CC(NS(=O)(=O)c3ccc(C(C)(C)C)cc3)C(=O)OC(C)(C)C)occ2c1. The molecule has 8 nitrogen and oxygen atoms in total. The summed E-state index contributed by atoms with van der Waals surface area (Å²) >= 11 is 0. The predicted molar refractivity (Wildman–Crippen MR) is 145 cm³/mol. The molecule has 0 aliphatic carbocycles. The van der Waals surface area contributed by atoms with Gasteiger partial charge in [-0.05, 0) is 61.9 Å². The second-order valence-corrected chi connectivity index (χ2v) is 13.1. The molecule has 9 heteroatoms. The van der Waals surface area contributed by atoms with Crippen LogP contribution in [-0.2, 0) is 47.3 Å². The molecule has 3 aromatic rings. The van der Waals surface area contributed by atoms with Gasteiger partial charge in [0.15, 0.2) is 0 Å². The van der Waals surface area contributed by atoms with Gasteiger partial charge >= 0.3 is 11.9 Å². The molecule has 0 spiro atoms. The summed E-state index contributed by atoms with van der Waals surface area (Å²) in [4.78, 5) is 24.6. The van der Waals surface area contributed by atoms with Gasteiger partial charge in [-0.2, -0.15) is 4.72 Å². The van der Waals surface area contributed by atoms with Crippen LogP contribution in [0.1, 0.15) is 64.9 Å². The summed E-state index contributed by atoms with van der Waals surface area (Å²) < 4.78 is 45.1. The number of aryl methyl sites for hydroxylation is 1. The topological polar surface area (TPSA) is 112 Å². The zero-order valence-electron chi connectivity index (χ0n) is 23.1. The van der Waals surface area contributed by atoms with Crippen molar-refractivity contribution in [3.8, 4) is 0 Å². The van der Waals surface area contributed by atoms with Crippen LogP contribution < -0.4 is 4.72 Å². The van der Waals surface area contributed by atoms with E-state index in [0.29, 0.717) is 12.2 Å². The van der Waals surface area contributed by atoms with Gasteiger partial charge in [0.1, 0.15) is 17.4 Å². The zero-order valence-corrected chi connectivity index (χ0v) is 23.9. The van der Waals surface area contributed by atoms with Crippen molar-refractivity contribution in [3.63, 3.8) is 0 Å². The van der Waals surface area contributed by atoms with Gasteiger partial charge in [-0.1, -0.05) is 45.0 Å². The second kappa shape index (κ2) is 11.3. The summed E-state index contributed by atoms with van der Waals surface area (Å²) in [5.41, 5.74) is 0.981. The van der Waals surface area contributed by atoms with Crippen LogP contribution in [0.15, 0.2) is 58.0 Å². The van der Waals surface area contributed by atoms with E-state index in [0.717, 1.165) is 21.9 Å². The van der Waals surface area contributed by atoms with E-state index >= 15 is 0 Å². The van der Waals surface area contributed by atoms with Gasteiger partial charge in [0.05, 0.1) is 18.3 Å². The van der Waals surface area contributed by atoms with E-state index in [1.165, 1.54) is 19.2 Å². The molecular weight excluding hydrogens is 506 g/mol. The van der Waals surface area contributed by atoms with Crippen molar-refractivity contribution in [1.29, 1.82) is 0 Å². The molecule has 1 N–H and O–H groups in total. The Morgan fingerprint density at radius 1 is 1.00 bits per heavy atom. The molecule has 0 amide bonds. The molecule has 0 saturated carbocycles. The van der Waals surface area contributed by atoms with Gasteiger partial charge in [0, 0.05) is 23.6 Å². The van der Waals surface area contributed by atoms with Crippen molar-refractivity contribution in [2.24, 2.45) is 0 Å². The quantitative estimate of drug-likeness (QED) is 0.375. The molecule has 0 fully saturated rings. The van der Waals surface area contributed by atoms with E-state index in [9.17, 15) is 18.0 Å². The lowest BCUT2D eigenvalue weighted by molar-refractivity contribution is -0.157. The monoisotopic (exact) mass is 543 g/mol. The average Bonchev–Trinajstić information content (AvgIpc) is 3.22. The highest BCUT2D eigenvalue weighted by Crippen LogP contribution is 2.26. The van der Waals surface area contributed by atoms with E-state index in [1.807, 2.05) is 39.0 Å². The lowest BCUT2D eigenvalue weighted by atomic mass is 9.87. The fourth-order valence-corrected chi connectivity index (χ4v) is 5.13. The van der Waals surface area contributed by atoms with Gasteiger partial charge < -0.3 is 13.9 Å². The summed E-state index contributed by atoms with van der Waals surface area (Å²) in [6, 6.07) is 11.0. The molecule has 0 saturated heterocycles. The Morgan fingerprint density at radius 2 is 1.66 bits per heavy atom. The number of carbonyl (C=O) groups excluding carboxylic acids is 2.